The zero-order valence-electron chi connectivity index (χ0n) is 22.0. The number of hydrogen-bond acceptors (Lipinski definition) is 8. The Morgan fingerprint density at radius 1 is 0.667 bits per heavy atom. The van der Waals surface area contributed by atoms with E-state index in [1.165, 1.54) is 0 Å². The molecule has 0 saturated carbocycles. The summed E-state index contributed by atoms with van der Waals surface area (Å²) in [4.78, 5) is 49.1. The molecule has 0 aliphatic rings. The second-order valence-electron chi connectivity index (χ2n) is 9.11. The van der Waals surface area contributed by atoms with Crippen LogP contribution in [0.5, 0.6) is 0 Å². The number of benzene rings is 2. The number of carbonyl (C=O) groups is 4. The fourth-order valence-electron chi connectivity index (χ4n) is 3.96. The molecule has 0 radical (unpaired) electrons. The molecule has 2 aromatic carbocycles. The average Bonchev–Trinajstić information content (AvgIpc) is 2.94. The molecule has 3 amide bonds. The molecule has 1 atom stereocenters. The van der Waals surface area contributed by atoms with Crippen molar-refractivity contribution in [3.8, 4) is 0 Å². The van der Waals surface area contributed by atoms with Gasteiger partial charge in [0.15, 0.2) is 0 Å². The molecule has 2 aromatic rings. The van der Waals surface area contributed by atoms with Gasteiger partial charge in [-0.05, 0) is 65.8 Å². The van der Waals surface area contributed by atoms with E-state index in [-0.39, 0.29) is 38.4 Å². The Hall–Kier alpha value is -3.84. The van der Waals surface area contributed by atoms with Gasteiger partial charge in [0.05, 0.1) is 6.42 Å². The van der Waals surface area contributed by atoms with Crippen molar-refractivity contribution in [3.05, 3.63) is 69.8 Å². The molecule has 1 unspecified atom stereocenters. The zero-order chi connectivity index (χ0) is 28.8. The number of amides is 3. The lowest BCUT2D eigenvalue weighted by Crippen LogP contribution is -2.47. The number of aliphatic carboxylic acids is 1. The highest BCUT2D eigenvalue weighted by Crippen LogP contribution is 2.12. The summed E-state index contributed by atoms with van der Waals surface area (Å²) in [5, 5.41) is 17.0. The standard InChI is InChI=1S/C27H39N7O5/c28-13-17-7-18(14-29)10-21(9-17)25(37)32-5-2-1-3-23(27(39)33-6-4-24(35)36)34-26(38)22-11-19(15-30)8-20(12-22)16-31/h7-12,23H,1-6,13-16,28-31H2,(H,32,37)(H,33,39)(H,34,38)(H,35,36). The van der Waals surface area contributed by atoms with Crippen LogP contribution in [0.4, 0.5) is 0 Å². The fourth-order valence-corrected chi connectivity index (χ4v) is 3.96. The Kier molecular flexibility index (Phi) is 13.0. The summed E-state index contributed by atoms with van der Waals surface area (Å²) in [6, 6.07) is 9.48. The Morgan fingerprint density at radius 2 is 1.15 bits per heavy atom. The van der Waals surface area contributed by atoms with Crippen LogP contribution in [0, 0.1) is 0 Å². The molecule has 39 heavy (non-hydrogen) atoms. The van der Waals surface area contributed by atoms with Gasteiger partial charge < -0.3 is 44.0 Å². The summed E-state index contributed by atoms with van der Waals surface area (Å²) < 4.78 is 0. The van der Waals surface area contributed by atoms with E-state index in [0.29, 0.717) is 43.6 Å². The van der Waals surface area contributed by atoms with Crippen molar-refractivity contribution in [2.24, 2.45) is 22.9 Å². The van der Waals surface area contributed by atoms with Crippen LogP contribution in [-0.2, 0) is 35.8 Å². The first-order valence-electron chi connectivity index (χ1n) is 12.8. The number of nitrogens with one attached hydrogen (secondary N) is 3. The molecular weight excluding hydrogens is 502 g/mol. The number of hydrogen-bond donors (Lipinski definition) is 8. The quantitative estimate of drug-likeness (QED) is 0.131. The minimum atomic E-state index is -1.05. The maximum Gasteiger partial charge on any atom is 0.305 e. The van der Waals surface area contributed by atoms with Crippen molar-refractivity contribution < 1.29 is 24.3 Å². The van der Waals surface area contributed by atoms with Crippen LogP contribution in [0.1, 0.15) is 68.7 Å². The summed E-state index contributed by atoms with van der Waals surface area (Å²) >= 11 is 0. The van der Waals surface area contributed by atoms with E-state index in [2.05, 4.69) is 16.0 Å². The van der Waals surface area contributed by atoms with Gasteiger partial charge in [0.25, 0.3) is 11.8 Å². The van der Waals surface area contributed by atoms with E-state index in [1.807, 2.05) is 12.1 Å². The molecule has 0 aromatic heterocycles. The second kappa shape index (κ2) is 16.2. The molecule has 0 aliphatic heterocycles. The first-order chi connectivity index (χ1) is 18.7. The molecule has 2 rings (SSSR count). The van der Waals surface area contributed by atoms with Crippen molar-refractivity contribution in [1.29, 1.82) is 0 Å². The first kappa shape index (κ1) is 31.4. The van der Waals surface area contributed by atoms with Crippen LogP contribution in [-0.4, -0.2) is 47.9 Å². The third-order valence-electron chi connectivity index (χ3n) is 6.04. The minimum absolute atomic E-state index is 0.0662. The van der Waals surface area contributed by atoms with Crippen LogP contribution in [0.25, 0.3) is 0 Å². The monoisotopic (exact) mass is 541 g/mol. The summed E-state index contributed by atoms with van der Waals surface area (Å²) in [6.07, 6.45) is 1.08. The van der Waals surface area contributed by atoms with Gasteiger partial charge in [-0.3, -0.25) is 19.2 Å². The molecule has 12 N–H and O–H groups in total. The number of rotatable bonds is 16. The summed E-state index contributed by atoms with van der Waals surface area (Å²) in [6.45, 7) is 1.32. The molecule has 12 heteroatoms. The van der Waals surface area contributed by atoms with E-state index < -0.39 is 23.8 Å². The minimum Gasteiger partial charge on any atom is -0.481 e. The van der Waals surface area contributed by atoms with Gasteiger partial charge in [-0.2, -0.15) is 0 Å². The maximum absolute atomic E-state index is 13.0. The van der Waals surface area contributed by atoms with E-state index in [1.54, 1.807) is 24.3 Å². The summed E-state index contributed by atoms with van der Waals surface area (Å²) in [7, 11) is 0. The van der Waals surface area contributed by atoms with Crippen LogP contribution >= 0.6 is 0 Å². The molecule has 12 nitrogen and oxygen atoms in total. The van der Waals surface area contributed by atoms with Crippen LogP contribution in [0.15, 0.2) is 36.4 Å². The molecule has 0 heterocycles. The highest BCUT2D eigenvalue weighted by Gasteiger charge is 2.22. The molecule has 0 aliphatic carbocycles. The van der Waals surface area contributed by atoms with E-state index >= 15 is 0 Å². The predicted molar refractivity (Wildman–Crippen MR) is 147 cm³/mol. The van der Waals surface area contributed by atoms with E-state index in [0.717, 1.165) is 22.3 Å². The van der Waals surface area contributed by atoms with Crippen molar-refractivity contribution in [2.45, 2.75) is 57.9 Å². The SMILES string of the molecule is NCc1cc(CN)cc(C(=O)NCCCCC(NC(=O)c2cc(CN)cc(CN)c2)C(=O)NCCC(=O)O)c1. The Balaban J connectivity index is 1.99. The Bertz CT molecular complexity index is 1110. The van der Waals surface area contributed by atoms with Gasteiger partial charge in [0.1, 0.15) is 6.04 Å². The van der Waals surface area contributed by atoms with Crippen LogP contribution in [0.3, 0.4) is 0 Å². The second-order valence-corrected chi connectivity index (χ2v) is 9.11. The lowest BCUT2D eigenvalue weighted by molar-refractivity contribution is -0.137. The van der Waals surface area contributed by atoms with E-state index in [9.17, 15) is 19.2 Å². The zero-order valence-corrected chi connectivity index (χ0v) is 22.0. The van der Waals surface area contributed by atoms with Crippen LogP contribution in [0.2, 0.25) is 0 Å². The van der Waals surface area contributed by atoms with Crippen molar-refractivity contribution in [1.82, 2.24) is 16.0 Å². The van der Waals surface area contributed by atoms with Gasteiger partial charge >= 0.3 is 5.97 Å². The van der Waals surface area contributed by atoms with E-state index in [4.69, 9.17) is 28.0 Å². The Labute approximate surface area is 227 Å². The van der Waals surface area contributed by atoms with Crippen LogP contribution < -0.4 is 38.9 Å². The average molecular weight is 542 g/mol. The third kappa shape index (κ3) is 10.4. The molecule has 0 spiro atoms. The van der Waals surface area contributed by atoms with Crippen molar-refractivity contribution in [2.75, 3.05) is 13.1 Å². The maximum atomic E-state index is 13.0. The highest BCUT2D eigenvalue weighted by molar-refractivity contribution is 5.98. The fraction of sp³-hybridized carbons (Fsp3) is 0.407. The molecule has 212 valence electrons. The lowest BCUT2D eigenvalue weighted by Gasteiger charge is -2.19. The largest absolute Gasteiger partial charge is 0.481 e. The predicted octanol–water partition coefficient (Wildman–Crippen LogP) is -0.189. The van der Waals surface area contributed by atoms with Gasteiger partial charge in [-0.1, -0.05) is 12.1 Å². The van der Waals surface area contributed by atoms with Crippen molar-refractivity contribution >= 4 is 23.7 Å². The number of nitrogens with two attached hydrogens (primary N) is 4. The Morgan fingerprint density at radius 3 is 1.62 bits per heavy atom. The molecule has 0 bridgehead atoms. The number of unbranched alkanes of at least 4 members (excludes halogenated alkanes) is 1. The summed E-state index contributed by atoms with van der Waals surface area (Å²) in [5.41, 5.74) is 26.7. The normalized spacial score (nSPS) is 11.5. The number of carboxylic acid groups (broad SMARTS) is 1. The van der Waals surface area contributed by atoms with Crippen molar-refractivity contribution in [3.63, 3.8) is 0 Å². The molecule has 0 fully saturated rings. The summed E-state index contributed by atoms with van der Waals surface area (Å²) in [5.74, 6) is -2.26. The number of carbonyl (C=O) groups excluding carboxylic acids is 3. The first-order valence-corrected chi connectivity index (χ1v) is 12.8. The topological polar surface area (TPSA) is 229 Å². The van der Waals surface area contributed by atoms with Gasteiger partial charge in [0.2, 0.25) is 5.91 Å². The highest BCUT2D eigenvalue weighted by atomic mass is 16.4. The third-order valence-corrected chi connectivity index (χ3v) is 6.04. The lowest BCUT2D eigenvalue weighted by atomic mass is 10.0. The van der Waals surface area contributed by atoms with Gasteiger partial charge in [0, 0.05) is 50.4 Å². The molecular formula is C27H39N7O5. The van der Waals surface area contributed by atoms with Gasteiger partial charge in [-0.25, -0.2) is 0 Å². The molecule has 0 saturated heterocycles. The van der Waals surface area contributed by atoms with Gasteiger partial charge in [-0.15, -0.1) is 0 Å². The smallest absolute Gasteiger partial charge is 0.305 e. The number of carboxylic acids is 1.